The quantitative estimate of drug-likeness (QED) is 0.299. The minimum Gasteiger partial charge on any atom is -0.480 e. The molecule has 0 aromatic carbocycles. The van der Waals surface area contributed by atoms with E-state index >= 15 is 0 Å². The van der Waals surface area contributed by atoms with Gasteiger partial charge in [0.25, 0.3) is 0 Å². The molecule has 0 aliphatic rings. The number of hydrogen-bond acceptors (Lipinski definition) is 6. The standard InChI is InChI=1S/C17H32N4O5S/c1-6-9(2)13(18)16(24)20-10(3)14(22)19-11(4)15(23)21-12(17(25)26)7-8-27-5/h9-13H,6-8,18H2,1-5H3,(H,19,22)(H,20,24)(H,21,23)(H,25,26). The highest BCUT2D eigenvalue weighted by Crippen LogP contribution is 2.05. The summed E-state index contributed by atoms with van der Waals surface area (Å²) in [5, 5.41) is 16.5. The maximum Gasteiger partial charge on any atom is 0.326 e. The summed E-state index contributed by atoms with van der Waals surface area (Å²) in [5.74, 6) is -2.18. The van der Waals surface area contributed by atoms with Gasteiger partial charge in [-0.1, -0.05) is 20.3 Å². The zero-order valence-electron chi connectivity index (χ0n) is 16.6. The molecule has 0 saturated carbocycles. The van der Waals surface area contributed by atoms with Gasteiger partial charge in [0.05, 0.1) is 6.04 Å². The Bertz CT molecular complexity index is 531. The molecule has 0 bridgehead atoms. The van der Waals surface area contributed by atoms with Gasteiger partial charge >= 0.3 is 5.97 Å². The Balaban J connectivity index is 4.63. The van der Waals surface area contributed by atoms with Crippen LogP contribution >= 0.6 is 11.8 Å². The van der Waals surface area contributed by atoms with Gasteiger partial charge in [0.1, 0.15) is 18.1 Å². The van der Waals surface area contributed by atoms with Crippen LogP contribution in [0, 0.1) is 5.92 Å². The normalized spacial score (nSPS) is 16.4. The molecule has 27 heavy (non-hydrogen) atoms. The number of carbonyl (C=O) groups is 4. The van der Waals surface area contributed by atoms with Crippen molar-refractivity contribution >= 4 is 35.5 Å². The monoisotopic (exact) mass is 404 g/mol. The van der Waals surface area contributed by atoms with E-state index in [0.717, 1.165) is 6.42 Å². The average Bonchev–Trinajstić information content (AvgIpc) is 2.62. The van der Waals surface area contributed by atoms with E-state index in [9.17, 15) is 19.2 Å². The lowest BCUT2D eigenvalue weighted by atomic mass is 9.99. The first kappa shape index (κ1) is 25.2. The van der Waals surface area contributed by atoms with Gasteiger partial charge in [0.15, 0.2) is 0 Å². The second-order valence-corrected chi connectivity index (χ2v) is 7.54. The van der Waals surface area contributed by atoms with Crippen molar-refractivity contribution in [2.45, 2.75) is 64.7 Å². The summed E-state index contributed by atoms with van der Waals surface area (Å²) in [6.07, 6.45) is 2.85. The molecule has 10 heteroatoms. The van der Waals surface area contributed by atoms with Crippen molar-refractivity contribution in [3.63, 3.8) is 0 Å². The molecule has 0 rings (SSSR count). The van der Waals surface area contributed by atoms with Gasteiger partial charge in [-0.3, -0.25) is 14.4 Å². The number of carboxylic acids is 1. The van der Waals surface area contributed by atoms with E-state index < -0.39 is 47.9 Å². The number of amides is 3. The Morgan fingerprint density at radius 1 is 0.963 bits per heavy atom. The number of rotatable bonds is 12. The zero-order valence-corrected chi connectivity index (χ0v) is 17.4. The van der Waals surface area contributed by atoms with Crippen molar-refractivity contribution in [2.75, 3.05) is 12.0 Å². The number of thioether (sulfide) groups is 1. The molecule has 0 fully saturated rings. The van der Waals surface area contributed by atoms with Gasteiger partial charge in [-0.25, -0.2) is 4.79 Å². The summed E-state index contributed by atoms with van der Waals surface area (Å²) in [6.45, 7) is 6.69. The topological polar surface area (TPSA) is 151 Å². The first-order valence-electron chi connectivity index (χ1n) is 8.93. The molecular formula is C17H32N4O5S. The van der Waals surface area contributed by atoms with Gasteiger partial charge < -0.3 is 26.8 Å². The van der Waals surface area contributed by atoms with Gasteiger partial charge in [0, 0.05) is 0 Å². The van der Waals surface area contributed by atoms with Crippen molar-refractivity contribution in [3.8, 4) is 0 Å². The number of hydrogen-bond donors (Lipinski definition) is 5. The summed E-state index contributed by atoms with van der Waals surface area (Å²) in [4.78, 5) is 47.5. The van der Waals surface area contributed by atoms with E-state index in [0.29, 0.717) is 5.75 Å². The van der Waals surface area contributed by atoms with E-state index in [1.54, 1.807) is 0 Å². The van der Waals surface area contributed by atoms with Crippen LogP contribution in [0.1, 0.15) is 40.5 Å². The van der Waals surface area contributed by atoms with Crippen molar-refractivity contribution < 1.29 is 24.3 Å². The number of carboxylic acid groups (broad SMARTS) is 1. The summed E-state index contributed by atoms with van der Waals surface area (Å²) in [5.41, 5.74) is 5.83. The molecule has 5 atom stereocenters. The predicted octanol–water partition coefficient (Wildman–Crippen LogP) is -0.308. The fourth-order valence-corrected chi connectivity index (χ4v) is 2.55. The third-order valence-corrected chi connectivity index (χ3v) is 4.93. The van der Waals surface area contributed by atoms with Crippen LogP contribution in [0.4, 0.5) is 0 Å². The number of carbonyl (C=O) groups excluding carboxylic acids is 3. The molecule has 156 valence electrons. The lowest BCUT2D eigenvalue weighted by Crippen LogP contribution is -2.56. The Morgan fingerprint density at radius 2 is 1.44 bits per heavy atom. The van der Waals surface area contributed by atoms with Crippen LogP contribution in [-0.4, -0.2) is 65.0 Å². The molecule has 0 heterocycles. The summed E-state index contributed by atoms with van der Waals surface area (Å²) in [7, 11) is 0. The molecule has 3 amide bonds. The van der Waals surface area contributed by atoms with Gasteiger partial charge in [-0.2, -0.15) is 11.8 Å². The fourth-order valence-electron chi connectivity index (χ4n) is 2.08. The number of nitrogens with two attached hydrogens (primary N) is 1. The summed E-state index contributed by atoms with van der Waals surface area (Å²) in [6, 6.07) is -3.57. The highest BCUT2D eigenvalue weighted by Gasteiger charge is 2.27. The first-order valence-corrected chi connectivity index (χ1v) is 10.3. The van der Waals surface area contributed by atoms with Crippen molar-refractivity contribution in [3.05, 3.63) is 0 Å². The van der Waals surface area contributed by atoms with Crippen LogP contribution in [0.15, 0.2) is 0 Å². The van der Waals surface area contributed by atoms with Crippen LogP contribution in [-0.2, 0) is 19.2 Å². The Morgan fingerprint density at radius 3 is 1.89 bits per heavy atom. The molecule has 0 aromatic heterocycles. The predicted molar refractivity (Wildman–Crippen MR) is 105 cm³/mol. The van der Waals surface area contributed by atoms with E-state index in [4.69, 9.17) is 10.8 Å². The zero-order chi connectivity index (χ0) is 21.1. The number of nitrogens with one attached hydrogen (secondary N) is 3. The second kappa shape index (κ2) is 12.6. The third kappa shape index (κ3) is 9.09. The maximum atomic E-state index is 12.2. The van der Waals surface area contributed by atoms with E-state index in [-0.39, 0.29) is 12.3 Å². The average molecular weight is 405 g/mol. The Hall–Kier alpha value is -1.81. The van der Waals surface area contributed by atoms with Crippen LogP contribution in [0.25, 0.3) is 0 Å². The van der Waals surface area contributed by atoms with Gasteiger partial charge in [-0.15, -0.1) is 0 Å². The third-order valence-electron chi connectivity index (χ3n) is 4.29. The lowest BCUT2D eigenvalue weighted by Gasteiger charge is -2.23. The lowest BCUT2D eigenvalue weighted by molar-refractivity contribution is -0.142. The van der Waals surface area contributed by atoms with Crippen LogP contribution in [0.3, 0.4) is 0 Å². The molecule has 0 aliphatic carbocycles. The minimum atomic E-state index is -1.13. The molecule has 6 N–H and O–H groups in total. The number of aliphatic carboxylic acids is 1. The molecule has 9 nitrogen and oxygen atoms in total. The summed E-state index contributed by atoms with van der Waals surface area (Å²) >= 11 is 1.47. The van der Waals surface area contributed by atoms with Crippen LogP contribution in [0.2, 0.25) is 0 Å². The maximum absolute atomic E-state index is 12.2. The molecule has 0 aromatic rings. The highest BCUT2D eigenvalue weighted by molar-refractivity contribution is 7.98. The molecule has 0 aliphatic heterocycles. The fraction of sp³-hybridized carbons (Fsp3) is 0.765. The van der Waals surface area contributed by atoms with Crippen molar-refractivity contribution in [1.29, 1.82) is 0 Å². The molecular weight excluding hydrogens is 372 g/mol. The Labute approximate surface area is 164 Å². The first-order chi connectivity index (χ1) is 12.5. The summed E-state index contributed by atoms with van der Waals surface area (Å²) < 4.78 is 0. The molecule has 0 spiro atoms. The van der Waals surface area contributed by atoms with Crippen molar-refractivity contribution in [1.82, 2.24) is 16.0 Å². The minimum absolute atomic E-state index is 0.0285. The molecule has 0 radical (unpaired) electrons. The smallest absolute Gasteiger partial charge is 0.326 e. The van der Waals surface area contributed by atoms with E-state index in [1.165, 1.54) is 25.6 Å². The van der Waals surface area contributed by atoms with E-state index in [1.807, 2.05) is 20.1 Å². The second-order valence-electron chi connectivity index (χ2n) is 6.55. The Kier molecular flexibility index (Phi) is 11.7. The molecule has 0 saturated heterocycles. The molecule has 5 unspecified atom stereocenters. The van der Waals surface area contributed by atoms with Crippen molar-refractivity contribution in [2.24, 2.45) is 11.7 Å². The van der Waals surface area contributed by atoms with Gasteiger partial charge in [0.2, 0.25) is 17.7 Å². The van der Waals surface area contributed by atoms with Gasteiger partial charge in [-0.05, 0) is 38.2 Å². The SMILES string of the molecule is CCC(C)C(N)C(=O)NC(C)C(=O)NC(C)C(=O)NC(CCSC)C(=O)O. The van der Waals surface area contributed by atoms with Crippen LogP contribution in [0.5, 0.6) is 0 Å². The van der Waals surface area contributed by atoms with E-state index in [2.05, 4.69) is 16.0 Å². The highest BCUT2D eigenvalue weighted by atomic mass is 32.2. The largest absolute Gasteiger partial charge is 0.480 e. The van der Waals surface area contributed by atoms with Crippen LogP contribution < -0.4 is 21.7 Å².